The molecule has 1 spiro atoms. The molecule has 1 aromatic rings. The second kappa shape index (κ2) is 15.3. The SMILES string of the molecule is C[C@H](OC(=O)[C@H](CC(=O)OC1=CC[C@@]2(O)[C@H]3Cc4ccc(CO)c5c4[C@@]2(CCCN3C)[C@H]1O5)OC(=O)[C@H](O)[C@@H](O)C(=O)O)C(=O)O[C@H](CC(=O)O)C(=O)O. The molecule has 2 aliphatic heterocycles. The largest absolute Gasteiger partial charge is 0.481 e. The zero-order chi connectivity index (χ0) is 39.9. The zero-order valence-corrected chi connectivity index (χ0v) is 28.9. The zero-order valence-electron chi connectivity index (χ0n) is 28.9. The standard InChI is InChI=1S/C34H39NO19/c1-14(30(46)52-18(28(42)43)11-21(37)38)50-31(47)19(53-32(48)25(41)24(40)29(44)45)12-22(39)51-17-6-8-34(49)20-10-15-4-5-16(13-36)26-23(15)33(34,27(17)54-26)7-3-9-35(20)2/h4-6,14,18-20,24-25,27,36,40-41,49H,3,7-13H2,1-2H3,(H,37,38)(H,42,43)(H,44,45)/t14-,18+,19-,20+,24+,25+,27-,33-,34+/m0/s1. The topological polar surface area (TPSA) is 310 Å². The van der Waals surface area contributed by atoms with E-state index in [-0.39, 0.29) is 18.2 Å². The number of carbonyl (C=O) groups excluding carboxylic acids is 4. The number of carbonyl (C=O) groups is 7. The first-order chi connectivity index (χ1) is 25.4. The third-order valence-corrected chi connectivity index (χ3v) is 10.3. The van der Waals surface area contributed by atoms with Crippen LogP contribution in [-0.2, 0) is 71.0 Å². The van der Waals surface area contributed by atoms with Crippen molar-refractivity contribution in [3.63, 3.8) is 0 Å². The van der Waals surface area contributed by atoms with E-state index in [9.17, 15) is 54.0 Å². The van der Waals surface area contributed by atoms with Crippen molar-refractivity contribution in [2.75, 3.05) is 13.6 Å². The third kappa shape index (κ3) is 7.09. The van der Waals surface area contributed by atoms with Crippen LogP contribution < -0.4 is 4.74 Å². The first-order valence-corrected chi connectivity index (χ1v) is 16.8. The summed E-state index contributed by atoms with van der Waals surface area (Å²) in [6, 6.07) is 3.20. The molecular formula is C34H39NO19. The Balaban J connectivity index is 1.40. The van der Waals surface area contributed by atoms with Gasteiger partial charge in [-0.2, -0.15) is 0 Å². The number of hydrogen-bond donors (Lipinski definition) is 7. The van der Waals surface area contributed by atoms with Crippen LogP contribution in [0.1, 0.15) is 55.7 Å². The highest BCUT2D eigenvalue weighted by molar-refractivity contribution is 5.90. The summed E-state index contributed by atoms with van der Waals surface area (Å²) in [6.45, 7) is 1.11. The monoisotopic (exact) mass is 765 g/mol. The highest BCUT2D eigenvalue weighted by atomic mass is 16.6. The van der Waals surface area contributed by atoms with Gasteiger partial charge in [-0.25, -0.2) is 24.0 Å². The maximum Gasteiger partial charge on any atom is 0.348 e. The van der Waals surface area contributed by atoms with Crippen LogP contribution in [0.15, 0.2) is 24.0 Å². The van der Waals surface area contributed by atoms with Crippen molar-refractivity contribution in [1.29, 1.82) is 0 Å². The average Bonchev–Trinajstić information content (AvgIpc) is 3.45. The van der Waals surface area contributed by atoms with E-state index >= 15 is 0 Å². The number of likely N-dealkylation sites (tertiary alicyclic amines) is 1. The molecule has 0 amide bonds. The molecule has 294 valence electrons. The number of hydrogen-bond acceptors (Lipinski definition) is 17. The molecule has 1 aromatic carbocycles. The Bertz CT molecular complexity index is 1770. The second-order valence-corrected chi connectivity index (χ2v) is 13.5. The summed E-state index contributed by atoms with van der Waals surface area (Å²) in [7, 11) is 1.90. The van der Waals surface area contributed by atoms with Crippen LogP contribution >= 0.6 is 0 Å². The molecule has 2 aliphatic carbocycles. The minimum Gasteiger partial charge on any atom is -0.481 e. The fourth-order valence-electron chi connectivity index (χ4n) is 7.73. The van der Waals surface area contributed by atoms with Gasteiger partial charge in [0.1, 0.15) is 11.5 Å². The van der Waals surface area contributed by atoms with Crippen LogP contribution in [0.5, 0.6) is 5.75 Å². The molecule has 2 bridgehead atoms. The van der Waals surface area contributed by atoms with Crippen LogP contribution in [0.2, 0.25) is 0 Å². The number of aliphatic carboxylic acids is 3. The Hall–Kier alpha value is -5.15. The van der Waals surface area contributed by atoms with E-state index in [4.69, 9.17) is 34.3 Å². The lowest BCUT2D eigenvalue weighted by Gasteiger charge is -2.56. The number of benzene rings is 1. The summed E-state index contributed by atoms with van der Waals surface area (Å²) in [6.07, 6.45) is -12.6. The van der Waals surface area contributed by atoms with Crippen LogP contribution in [0.3, 0.4) is 0 Å². The molecular weight excluding hydrogens is 726 g/mol. The highest BCUT2D eigenvalue weighted by Crippen LogP contribution is 2.64. The van der Waals surface area contributed by atoms with Gasteiger partial charge in [-0.15, -0.1) is 0 Å². The smallest absolute Gasteiger partial charge is 0.348 e. The van der Waals surface area contributed by atoms with Crippen LogP contribution in [0.25, 0.3) is 0 Å². The molecule has 9 atom stereocenters. The van der Waals surface area contributed by atoms with Crippen molar-refractivity contribution >= 4 is 41.8 Å². The van der Waals surface area contributed by atoms with Gasteiger partial charge in [-0.05, 0) is 51.4 Å². The maximum absolute atomic E-state index is 13.5. The third-order valence-electron chi connectivity index (χ3n) is 10.3. The quantitative estimate of drug-likeness (QED) is 0.0743. The number of aliphatic hydroxyl groups excluding tert-OH is 3. The van der Waals surface area contributed by atoms with E-state index in [1.165, 1.54) is 6.08 Å². The first-order valence-electron chi connectivity index (χ1n) is 16.8. The molecule has 20 heteroatoms. The Kier molecular flexibility index (Phi) is 11.3. The molecule has 0 unspecified atom stereocenters. The molecule has 7 N–H and O–H groups in total. The molecule has 54 heavy (non-hydrogen) atoms. The van der Waals surface area contributed by atoms with Crippen molar-refractivity contribution in [3.8, 4) is 5.75 Å². The van der Waals surface area contributed by atoms with Crippen molar-refractivity contribution in [3.05, 3.63) is 40.7 Å². The number of ether oxygens (including phenoxy) is 5. The van der Waals surface area contributed by atoms with Gasteiger partial charge in [-0.1, -0.05) is 12.1 Å². The maximum atomic E-state index is 13.5. The molecule has 1 saturated heterocycles. The van der Waals surface area contributed by atoms with Crippen LogP contribution in [0.4, 0.5) is 0 Å². The van der Waals surface area contributed by atoms with Gasteiger partial charge >= 0.3 is 41.8 Å². The summed E-state index contributed by atoms with van der Waals surface area (Å²) in [5, 5.41) is 69.3. The number of likely N-dealkylation sites (N-methyl/N-ethyl adjacent to an activating group) is 1. The van der Waals surface area contributed by atoms with Crippen molar-refractivity contribution in [1.82, 2.24) is 4.90 Å². The van der Waals surface area contributed by atoms with Gasteiger partial charge in [0, 0.05) is 23.6 Å². The van der Waals surface area contributed by atoms with Crippen molar-refractivity contribution in [2.45, 2.75) is 106 Å². The lowest BCUT2D eigenvalue weighted by atomic mass is 9.52. The van der Waals surface area contributed by atoms with Gasteiger partial charge in [0.15, 0.2) is 24.4 Å². The van der Waals surface area contributed by atoms with Crippen molar-refractivity contribution < 1.29 is 93.0 Å². The minimum absolute atomic E-state index is 0.00865. The summed E-state index contributed by atoms with van der Waals surface area (Å²) >= 11 is 0. The number of rotatable bonds is 15. The van der Waals surface area contributed by atoms with Crippen molar-refractivity contribution in [2.24, 2.45) is 0 Å². The molecule has 0 aromatic heterocycles. The highest BCUT2D eigenvalue weighted by Gasteiger charge is 2.70. The molecule has 5 rings (SSSR count). The lowest BCUT2D eigenvalue weighted by Crippen LogP contribution is -2.69. The van der Waals surface area contributed by atoms with Crippen LogP contribution in [-0.4, -0.2) is 144 Å². The molecule has 20 nitrogen and oxygen atoms in total. The summed E-state index contributed by atoms with van der Waals surface area (Å²) in [5.41, 5.74) is -0.562. The summed E-state index contributed by atoms with van der Waals surface area (Å²) in [5.74, 6) is -11.7. The molecule has 0 radical (unpaired) electrons. The van der Waals surface area contributed by atoms with Gasteiger partial charge in [0.2, 0.25) is 12.2 Å². The number of esters is 4. The fourth-order valence-corrected chi connectivity index (χ4v) is 7.73. The summed E-state index contributed by atoms with van der Waals surface area (Å²) < 4.78 is 26.4. The number of nitrogens with zero attached hydrogens (tertiary/aromatic N) is 1. The Labute approximate surface area is 305 Å². The van der Waals surface area contributed by atoms with Gasteiger partial charge < -0.3 is 64.3 Å². The van der Waals surface area contributed by atoms with E-state index in [2.05, 4.69) is 9.64 Å². The second-order valence-electron chi connectivity index (χ2n) is 13.5. The minimum atomic E-state index is -2.77. The van der Waals surface area contributed by atoms with E-state index in [0.717, 1.165) is 12.5 Å². The van der Waals surface area contributed by atoms with Crippen LogP contribution in [0, 0.1) is 0 Å². The fraction of sp³-hybridized carbons (Fsp3) is 0.559. The summed E-state index contributed by atoms with van der Waals surface area (Å²) in [4.78, 5) is 87.3. The lowest BCUT2D eigenvalue weighted by molar-refractivity contribution is -0.189. The average molecular weight is 766 g/mol. The van der Waals surface area contributed by atoms with Gasteiger partial charge in [0.25, 0.3) is 0 Å². The van der Waals surface area contributed by atoms with E-state index < -0.39 is 109 Å². The predicted octanol–water partition coefficient (Wildman–Crippen LogP) is -2.10. The molecule has 0 saturated carbocycles. The number of aliphatic hydroxyl groups is 4. The Morgan fingerprint density at radius 1 is 0.926 bits per heavy atom. The predicted molar refractivity (Wildman–Crippen MR) is 171 cm³/mol. The van der Waals surface area contributed by atoms with E-state index in [1.807, 2.05) is 13.1 Å². The number of carboxylic acid groups (broad SMARTS) is 3. The van der Waals surface area contributed by atoms with E-state index in [1.54, 1.807) is 6.07 Å². The molecule has 1 fully saturated rings. The van der Waals surface area contributed by atoms with Gasteiger partial charge in [-0.3, -0.25) is 9.59 Å². The van der Waals surface area contributed by atoms with E-state index in [0.29, 0.717) is 42.7 Å². The first kappa shape index (κ1) is 40.0. The number of carboxylic acids is 3. The molecule has 4 aliphatic rings. The Morgan fingerprint density at radius 2 is 1.61 bits per heavy atom. The Morgan fingerprint density at radius 3 is 2.24 bits per heavy atom. The molecule has 2 heterocycles. The van der Waals surface area contributed by atoms with Gasteiger partial charge in [0.05, 0.1) is 30.5 Å². The normalized spacial score (nSPS) is 26.5.